The summed E-state index contributed by atoms with van der Waals surface area (Å²) >= 11 is 0. The van der Waals surface area contributed by atoms with Gasteiger partial charge in [-0.1, -0.05) is 0 Å². The van der Waals surface area contributed by atoms with Crippen molar-refractivity contribution in [1.82, 2.24) is 0 Å². The molecule has 1 aromatic carbocycles. The minimum atomic E-state index is -4.49. The van der Waals surface area contributed by atoms with Crippen molar-refractivity contribution in [2.45, 2.75) is 4.90 Å². The zero-order valence-corrected chi connectivity index (χ0v) is 10.7. The minimum absolute atomic E-state index is 0. The average Bonchev–Trinajstić information content (AvgIpc) is 2.01. The van der Waals surface area contributed by atoms with Crippen LogP contribution in [-0.4, -0.2) is 20.1 Å². The molecule has 5 nitrogen and oxygen atoms in total. The van der Waals surface area contributed by atoms with Crippen molar-refractivity contribution < 1.29 is 47.3 Å². The summed E-state index contributed by atoms with van der Waals surface area (Å²) in [6, 6.07) is 3.77. The van der Waals surface area contributed by atoms with E-state index in [-0.39, 0.29) is 35.2 Å². The van der Waals surface area contributed by atoms with Crippen molar-refractivity contribution in [2.75, 3.05) is 12.8 Å². The molecule has 72 valence electrons. The van der Waals surface area contributed by atoms with Gasteiger partial charge in [0.1, 0.15) is 15.9 Å². The fourth-order valence-electron chi connectivity index (χ4n) is 0.881. The van der Waals surface area contributed by atoms with Crippen LogP contribution in [0.15, 0.2) is 23.1 Å². The van der Waals surface area contributed by atoms with Crippen LogP contribution in [0.2, 0.25) is 0 Å². The monoisotopic (exact) mass is 225 g/mol. The fraction of sp³-hybridized carbons (Fsp3) is 0.143. The van der Waals surface area contributed by atoms with Gasteiger partial charge in [0.15, 0.2) is 0 Å². The molecule has 0 saturated heterocycles. The third-order valence-electron chi connectivity index (χ3n) is 1.49. The summed E-state index contributed by atoms with van der Waals surface area (Å²) in [6.07, 6.45) is 0. The number of benzene rings is 1. The van der Waals surface area contributed by atoms with Crippen LogP contribution < -0.4 is 40.0 Å². The van der Waals surface area contributed by atoms with E-state index in [9.17, 15) is 13.0 Å². The van der Waals surface area contributed by atoms with Gasteiger partial charge < -0.3 is 15.0 Å². The number of rotatable bonds is 2. The van der Waals surface area contributed by atoms with Gasteiger partial charge >= 0.3 is 29.6 Å². The normalized spacial score (nSPS) is 10.4. The maximum absolute atomic E-state index is 10.6. The van der Waals surface area contributed by atoms with E-state index in [1.165, 1.54) is 19.2 Å². The van der Waals surface area contributed by atoms with Gasteiger partial charge in [0.05, 0.1) is 17.7 Å². The topological polar surface area (TPSA) is 92.5 Å². The van der Waals surface area contributed by atoms with Crippen molar-refractivity contribution in [3.8, 4) is 5.75 Å². The second-order valence-electron chi connectivity index (χ2n) is 2.36. The largest absolute Gasteiger partial charge is 1.00 e. The molecule has 0 aliphatic carbocycles. The number of ether oxygens (including phenoxy) is 1. The first-order valence-electron chi connectivity index (χ1n) is 3.34. The molecule has 0 aliphatic heterocycles. The summed E-state index contributed by atoms with van der Waals surface area (Å²) < 4.78 is 36.5. The first kappa shape index (κ1) is 13.7. The molecular formula is C7H8NNaO4S. The SMILES string of the molecule is COc1ccc(S(=O)(=O)[O-])c(N)c1.[Na+]. The van der Waals surface area contributed by atoms with Gasteiger partial charge in [-0.05, 0) is 12.1 Å². The number of nitrogens with two attached hydrogens (primary N) is 1. The maximum Gasteiger partial charge on any atom is 1.00 e. The van der Waals surface area contributed by atoms with E-state index >= 15 is 0 Å². The van der Waals surface area contributed by atoms with Crippen molar-refractivity contribution in [3.63, 3.8) is 0 Å². The standard InChI is InChI=1S/C7H9NO4S.Na/c1-12-5-2-3-7(6(8)4-5)13(9,10)11;/h2-4H,8H2,1H3,(H,9,10,11);/q;+1/p-1. The van der Waals surface area contributed by atoms with Crippen molar-refractivity contribution >= 4 is 15.8 Å². The molecule has 0 bridgehead atoms. The molecule has 1 aromatic rings. The Morgan fingerprint density at radius 2 is 2.00 bits per heavy atom. The maximum atomic E-state index is 10.6. The smallest absolute Gasteiger partial charge is 0.744 e. The van der Waals surface area contributed by atoms with Crippen LogP contribution in [0.1, 0.15) is 0 Å². The molecule has 0 unspecified atom stereocenters. The van der Waals surface area contributed by atoms with Gasteiger partial charge in [-0.25, -0.2) is 8.42 Å². The number of nitrogen functional groups attached to an aromatic ring is 1. The third kappa shape index (κ3) is 3.14. The van der Waals surface area contributed by atoms with Crippen LogP contribution in [-0.2, 0) is 10.1 Å². The summed E-state index contributed by atoms with van der Waals surface area (Å²) in [4.78, 5) is -0.423. The van der Waals surface area contributed by atoms with E-state index in [4.69, 9.17) is 10.5 Å². The van der Waals surface area contributed by atoms with E-state index in [2.05, 4.69) is 0 Å². The first-order chi connectivity index (χ1) is 5.95. The summed E-state index contributed by atoms with van der Waals surface area (Å²) in [5.41, 5.74) is 5.22. The number of anilines is 1. The Morgan fingerprint density at radius 1 is 1.43 bits per heavy atom. The molecule has 0 amide bonds. The molecule has 0 fully saturated rings. The fourth-order valence-corrected chi connectivity index (χ4v) is 1.46. The Labute approximate surface area is 104 Å². The van der Waals surface area contributed by atoms with Crippen molar-refractivity contribution in [3.05, 3.63) is 18.2 Å². The molecule has 0 saturated carbocycles. The zero-order chi connectivity index (χ0) is 10.1. The molecule has 0 heterocycles. The van der Waals surface area contributed by atoms with Gasteiger partial charge in [0.25, 0.3) is 0 Å². The zero-order valence-electron chi connectivity index (χ0n) is 7.85. The first-order valence-corrected chi connectivity index (χ1v) is 4.75. The van der Waals surface area contributed by atoms with Crippen LogP contribution in [0, 0.1) is 0 Å². The van der Waals surface area contributed by atoms with E-state index in [1.807, 2.05) is 0 Å². The molecule has 0 radical (unpaired) electrons. The van der Waals surface area contributed by atoms with E-state index in [0.29, 0.717) is 5.75 Å². The Kier molecular flexibility index (Phi) is 4.90. The number of methoxy groups -OCH3 is 1. The molecule has 0 aromatic heterocycles. The minimum Gasteiger partial charge on any atom is -0.744 e. The van der Waals surface area contributed by atoms with E-state index in [0.717, 1.165) is 6.07 Å². The Morgan fingerprint density at radius 3 is 2.36 bits per heavy atom. The molecule has 0 atom stereocenters. The van der Waals surface area contributed by atoms with Gasteiger partial charge in [0, 0.05) is 6.07 Å². The number of hydrogen-bond acceptors (Lipinski definition) is 5. The summed E-state index contributed by atoms with van der Waals surface area (Å²) in [5, 5.41) is 0. The second kappa shape index (κ2) is 4.99. The van der Waals surface area contributed by atoms with E-state index < -0.39 is 15.0 Å². The van der Waals surface area contributed by atoms with Crippen molar-refractivity contribution in [2.24, 2.45) is 0 Å². The van der Waals surface area contributed by atoms with Crippen LogP contribution in [0.3, 0.4) is 0 Å². The molecule has 0 aliphatic rings. The quantitative estimate of drug-likeness (QED) is 0.333. The Bertz CT molecular complexity index is 418. The second-order valence-corrected chi connectivity index (χ2v) is 3.71. The average molecular weight is 225 g/mol. The Balaban J connectivity index is 0.00000169. The molecule has 7 heteroatoms. The van der Waals surface area contributed by atoms with Gasteiger partial charge in [-0.3, -0.25) is 0 Å². The number of hydrogen-bond donors (Lipinski definition) is 1. The van der Waals surface area contributed by atoms with Crippen LogP contribution in [0.5, 0.6) is 5.75 Å². The van der Waals surface area contributed by atoms with Crippen molar-refractivity contribution in [1.29, 1.82) is 0 Å². The summed E-state index contributed by atoms with van der Waals surface area (Å²) in [7, 11) is -3.07. The molecular weight excluding hydrogens is 217 g/mol. The summed E-state index contributed by atoms with van der Waals surface area (Å²) in [5.74, 6) is 0.407. The third-order valence-corrected chi connectivity index (χ3v) is 2.40. The molecule has 14 heavy (non-hydrogen) atoms. The van der Waals surface area contributed by atoms with E-state index in [1.54, 1.807) is 0 Å². The predicted octanol–water partition coefficient (Wildman–Crippen LogP) is -2.81. The van der Waals surface area contributed by atoms with Gasteiger partial charge in [0.2, 0.25) is 0 Å². The molecule has 0 spiro atoms. The summed E-state index contributed by atoms with van der Waals surface area (Å²) in [6.45, 7) is 0. The van der Waals surface area contributed by atoms with Crippen LogP contribution in [0.25, 0.3) is 0 Å². The van der Waals surface area contributed by atoms with Gasteiger partial charge in [-0.15, -0.1) is 0 Å². The van der Waals surface area contributed by atoms with Crippen LogP contribution >= 0.6 is 0 Å². The predicted molar refractivity (Wildman–Crippen MR) is 45.4 cm³/mol. The Hall–Kier alpha value is -0.270. The molecule has 1 rings (SSSR count). The molecule has 2 N–H and O–H groups in total. The van der Waals surface area contributed by atoms with Gasteiger partial charge in [-0.2, -0.15) is 0 Å². The van der Waals surface area contributed by atoms with Crippen LogP contribution in [0.4, 0.5) is 5.69 Å².